The summed E-state index contributed by atoms with van der Waals surface area (Å²) in [4.78, 5) is 35.3. The standard InChI is InChI=1S/C22H20N4O5/c27-20(15-31-21(28)12-13-23-22(29)19-7-4-14-30-19)24-16-8-10-18(11-9-16)26-25-17-5-2-1-3-6-17/h1-11,14H,12-13,15H2,(H,23,29)(H,24,27). The van der Waals surface area contributed by atoms with Crippen LogP contribution in [0.1, 0.15) is 17.0 Å². The summed E-state index contributed by atoms with van der Waals surface area (Å²) in [5.41, 5.74) is 1.90. The van der Waals surface area contributed by atoms with Crippen molar-refractivity contribution >= 4 is 34.8 Å². The van der Waals surface area contributed by atoms with Crippen LogP contribution in [0.3, 0.4) is 0 Å². The van der Waals surface area contributed by atoms with Gasteiger partial charge in [-0.15, -0.1) is 0 Å². The molecule has 0 radical (unpaired) electrons. The molecule has 0 bridgehead atoms. The quantitative estimate of drug-likeness (QED) is 0.400. The van der Waals surface area contributed by atoms with Gasteiger partial charge >= 0.3 is 5.97 Å². The lowest BCUT2D eigenvalue weighted by molar-refractivity contribution is -0.147. The van der Waals surface area contributed by atoms with Crippen molar-refractivity contribution in [1.29, 1.82) is 0 Å². The Hall–Kier alpha value is -4.27. The molecule has 0 atom stereocenters. The number of carbonyl (C=O) groups excluding carboxylic acids is 3. The first-order valence-electron chi connectivity index (χ1n) is 9.44. The van der Waals surface area contributed by atoms with Gasteiger partial charge in [-0.05, 0) is 48.5 Å². The summed E-state index contributed by atoms with van der Waals surface area (Å²) < 4.78 is 9.84. The van der Waals surface area contributed by atoms with Gasteiger partial charge in [-0.2, -0.15) is 10.2 Å². The number of hydrogen-bond acceptors (Lipinski definition) is 7. The molecule has 0 saturated carbocycles. The fourth-order valence-corrected chi connectivity index (χ4v) is 2.41. The lowest BCUT2D eigenvalue weighted by Gasteiger charge is -2.07. The summed E-state index contributed by atoms with van der Waals surface area (Å²) in [6.07, 6.45) is 1.31. The third-order valence-corrected chi connectivity index (χ3v) is 3.91. The second-order valence-electron chi connectivity index (χ2n) is 6.27. The number of esters is 1. The van der Waals surface area contributed by atoms with Crippen molar-refractivity contribution < 1.29 is 23.5 Å². The Morgan fingerprint density at radius 1 is 0.871 bits per heavy atom. The molecule has 158 valence electrons. The first-order chi connectivity index (χ1) is 15.1. The first-order valence-corrected chi connectivity index (χ1v) is 9.44. The highest BCUT2D eigenvalue weighted by Gasteiger charge is 2.11. The van der Waals surface area contributed by atoms with Gasteiger partial charge in [0, 0.05) is 12.2 Å². The van der Waals surface area contributed by atoms with Crippen molar-refractivity contribution in [1.82, 2.24) is 5.32 Å². The molecule has 1 aromatic heterocycles. The summed E-state index contributed by atoms with van der Waals surface area (Å²) in [5, 5.41) is 13.4. The zero-order chi connectivity index (χ0) is 21.9. The molecule has 9 nitrogen and oxygen atoms in total. The molecule has 2 N–H and O–H groups in total. The molecule has 0 spiro atoms. The molecule has 9 heteroatoms. The normalized spacial score (nSPS) is 10.6. The second kappa shape index (κ2) is 11.1. The largest absolute Gasteiger partial charge is 0.459 e. The molecule has 1 heterocycles. The van der Waals surface area contributed by atoms with E-state index in [1.807, 2.05) is 30.3 Å². The van der Waals surface area contributed by atoms with E-state index >= 15 is 0 Å². The fourth-order valence-electron chi connectivity index (χ4n) is 2.41. The molecule has 2 amide bonds. The van der Waals surface area contributed by atoms with E-state index in [1.165, 1.54) is 12.3 Å². The molecule has 2 aromatic carbocycles. The van der Waals surface area contributed by atoms with E-state index in [2.05, 4.69) is 20.9 Å². The zero-order valence-corrected chi connectivity index (χ0v) is 16.5. The predicted octanol–water partition coefficient (Wildman–Crippen LogP) is 4.00. The van der Waals surface area contributed by atoms with E-state index in [4.69, 9.17) is 9.15 Å². The van der Waals surface area contributed by atoms with E-state index < -0.39 is 24.4 Å². The van der Waals surface area contributed by atoms with E-state index in [0.29, 0.717) is 11.4 Å². The average Bonchev–Trinajstić information content (AvgIpc) is 3.33. The van der Waals surface area contributed by atoms with Crippen LogP contribution >= 0.6 is 0 Å². The third-order valence-electron chi connectivity index (χ3n) is 3.91. The maximum absolute atomic E-state index is 11.9. The maximum atomic E-state index is 11.9. The molecule has 0 aliphatic heterocycles. The van der Waals surface area contributed by atoms with Crippen LogP contribution < -0.4 is 10.6 Å². The summed E-state index contributed by atoms with van der Waals surface area (Å²) in [7, 11) is 0. The number of nitrogens with one attached hydrogen (secondary N) is 2. The molecule has 0 saturated heterocycles. The van der Waals surface area contributed by atoms with Crippen LogP contribution in [0, 0.1) is 0 Å². The Morgan fingerprint density at radius 3 is 2.26 bits per heavy atom. The van der Waals surface area contributed by atoms with E-state index in [9.17, 15) is 14.4 Å². The van der Waals surface area contributed by atoms with Gasteiger partial charge in [0.05, 0.1) is 24.1 Å². The molecule has 3 rings (SSSR count). The monoisotopic (exact) mass is 420 g/mol. The number of carbonyl (C=O) groups is 3. The molecule has 0 fully saturated rings. The van der Waals surface area contributed by atoms with E-state index in [1.54, 1.807) is 30.3 Å². The number of rotatable bonds is 9. The van der Waals surface area contributed by atoms with Gasteiger partial charge in [-0.3, -0.25) is 14.4 Å². The number of azo groups is 1. The first kappa shape index (κ1) is 21.4. The van der Waals surface area contributed by atoms with Crippen LogP contribution in [0.25, 0.3) is 0 Å². The lowest BCUT2D eigenvalue weighted by Crippen LogP contribution is -2.27. The fraction of sp³-hybridized carbons (Fsp3) is 0.136. The van der Waals surface area contributed by atoms with Gasteiger partial charge in [-0.25, -0.2) is 0 Å². The Kier molecular flexibility index (Phi) is 7.64. The maximum Gasteiger partial charge on any atom is 0.308 e. The van der Waals surface area contributed by atoms with E-state index in [0.717, 1.165) is 5.69 Å². The lowest BCUT2D eigenvalue weighted by atomic mass is 10.3. The number of benzene rings is 2. The van der Waals surface area contributed by atoms with Crippen molar-refractivity contribution in [2.75, 3.05) is 18.5 Å². The average molecular weight is 420 g/mol. The Balaban J connectivity index is 1.35. The van der Waals surface area contributed by atoms with Gasteiger partial charge in [0.2, 0.25) is 0 Å². The van der Waals surface area contributed by atoms with Gasteiger partial charge in [0.15, 0.2) is 12.4 Å². The summed E-state index contributed by atoms with van der Waals surface area (Å²) in [6.45, 7) is -0.362. The molecular weight excluding hydrogens is 400 g/mol. The number of ether oxygens (including phenoxy) is 1. The number of amides is 2. The van der Waals surface area contributed by atoms with Crippen LogP contribution in [-0.4, -0.2) is 30.9 Å². The predicted molar refractivity (Wildman–Crippen MR) is 112 cm³/mol. The highest BCUT2D eigenvalue weighted by molar-refractivity contribution is 5.93. The summed E-state index contributed by atoms with van der Waals surface area (Å²) in [6, 6.07) is 19.2. The molecular formula is C22H20N4O5. The van der Waals surface area contributed by atoms with Gasteiger partial charge in [-0.1, -0.05) is 18.2 Å². The highest BCUT2D eigenvalue weighted by Crippen LogP contribution is 2.20. The van der Waals surface area contributed by atoms with Crippen LogP contribution in [-0.2, 0) is 14.3 Å². The van der Waals surface area contributed by atoms with Crippen LogP contribution in [0.2, 0.25) is 0 Å². The van der Waals surface area contributed by atoms with Crippen molar-refractivity contribution in [3.63, 3.8) is 0 Å². The summed E-state index contributed by atoms with van der Waals surface area (Å²) >= 11 is 0. The number of hydrogen-bond donors (Lipinski definition) is 2. The SMILES string of the molecule is O=C(COC(=O)CCNC(=O)c1ccco1)Nc1ccc(N=Nc2ccccc2)cc1. The molecule has 0 unspecified atom stereocenters. The van der Waals surface area contributed by atoms with Crippen LogP contribution in [0.15, 0.2) is 87.6 Å². The van der Waals surface area contributed by atoms with Crippen molar-refractivity contribution in [3.05, 3.63) is 78.8 Å². The van der Waals surface area contributed by atoms with E-state index in [-0.39, 0.29) is 18.7 Å². The third kappa shape index (κ3) is 7.24. The number of nitrogens with zero attached hydrogens (tertiary/aromatic N) is 2. The zero-order valence-electron chi connectivity index (χ0n) is 16.5. The Bertz CT molecular complexity index is 1030. The molecule has 0 aliphatic rings. The Labute approximate surface area is 178 Å². The summed E-state index contributed by atoms with van der Waals surface area (Å²) in [5.74, 6) is -1.36. The smallest absolute Gasteiger partial charge is 0.308 e. The molecule has 31 heavy (non-hydrogen) atoms. The minimum Gasteiger partial charge on any atom is -0.459 e. The van der Waals surface area contributed by atoms with Gasteiger partial charge in [0.25, 0.3) is 11.8 Å². The van der Waals surface area contributed by atoms with Gasteiger partial charge < -0.3 is 19.8 Å². The number of furan rings is 1. The van der Waals surface area contributed by atoms with Crippen molar-refractivity contribution in [3.8, 4) is 0 Å². The van der Waals surface area contributed by atoms with Crippen LogP contribution in [0.4, 0.5) is 17.1 Å². The minimum absolute atomic E-state index is 0.0684. The van der Waals surface area contributed by atoms with Crippen molar-refractivity contribution in [2.24, 2.45) is 10.2 Å². The van der Waals surface area contributed by atoms with Crippen LogP contribution in [0.5, 0.6) is 0 Å². The van der Waals surface area contributed by atoms with Gasteiger partial charge in [0.1, 0.15) is 0 Å². The second-order valence-corrected chi connectivity index (χ2v) is 6.27. The van der Waals surface area contributed by atoms with Crippen molar-refractivity contribution in [2.45, 2.75) is 6.42 Å². The highest BCUT2D eigenvalue weighted by atomic mass is 16.5. The Morgan fingerprint density at radius 2 is 1.58 bits per heavy atom. The topological polar surface area (TPSA) is 122 Å². The number of anilines is 1. The minimum atomic E-state index is -0.605. The molecule has 3 aromatic rings. The molecule has 0 aliphatic carbocycles.